The molecule has 2 rings (SSSR count). The highest BCUT2D eigenvalue weighted by Crippen LogP contribution is 2.16. The van der Waals surface area contributed by atoms with Crippen LogP contribution in [0.4, 0.5) is 5.69 Å². The van der Waals surface area contributed by atoms with Crippen LogP contribution in [0.25, 0.3) is 0 Å². The lowest BCUT2D eigenvalue weighted by molar-refractivity contribution is 0.415. The highest BCUT2D eigenvalue weighted by atomic mass is 127. The smallest absolute Gasteiger partial charge is 0.240 e. The molecule has 0 radical (unpaired) electrons. The molecule has 28 heavy (non-hydrogen) atoms. The Bertz CT molecular complexity index is 884. The first-order chi connectivity index (χ1) is 12.8. The molecule has 7 nitrogen and oxygen atoms in total. The number of nitrogens with two attached hydrogens (primary N) is 1. The van der Waals surface area contributed by atoms with Crippen molar-refractivity contribution < 1.29 is 13.2 Å². The highest BCUT2D eigenvalue weighted by molar-refractivity contribution is 14.0. The lowest BCUT2D eigenvalue weighted by Gasteiger charge is -2.09. The summed E-state index contributed by atoms with van der Waals surface area (Å²) in [7, 11) is -1.89. The molecule has 0 saturated carbocycles. The molecule has 4 N–H and O–H groups in total. The van der Waals surface area contributed by atoms with E-state index in [1.54, 1.807) is 31.4 Å². The number of halogens is 1. The maximum atomic E-state index is 12.2. The molecule has 0 fully saturated rings. The molecule has 0 atom stereocenters. The number of nitrogens with zero attached hydrogens (tertiary/aromatic N) is 1. The van der Waals surface area contributed by atoms with Crippen molar-refractivity contribution in [1.29, 1.82) is 0 Å². The summed E-state index contributed by atoms with van der Waals surface area (Å²) in [5.74, 6) is 1.22. The molecule has 0 aromatic heterocycles. The van der Waals surface area contributed by atoms with Crippen LogP contribution in [-0.2, 0) is 16.6 Å². The largest absolute Gasteiger partial charge is 0.497 e. The minimum absolute atomic E-state index is 0. The van der Waals surface area contributed by atoms with Crippen LogP contribution in [0.3, 0.4) is 0 Å². The maximum Gasteiger partial charge on any atom is 0.240 e. The number of sulfonamides is 1. The summed E-state index contributed by atoms with van der Waals surface area (Å²) in [6.45, 7) is 4.64. The number of hydrogen-bond acceptors (Lipinski definition) is 4. The quantitative estimate of drug-likeness (QED) is 0.283. The molecule has 0 aliphatic heterocycles. The summed E-state index contributed by atoms with van der Waals surface area (Å²) in [4.78, 5) is 4.51. The molecule has 0 bridgehead atoms. The Morgan fingerprint density at radius 2 is 1.86 bits per heavy atom. The maximum absolute atomic E-state index is 12.2. The number of aliphatic imine (C=N–C) groups is 1. The zero-order valence-electron chi connectivity index (χ0n) is 16.2. The van der Waals surface area contributed by atoms with Gasteiger partial charge in [0.25, 0.3) is 0 Å². The Labute approximate surface area is 183 Å². The summed E-state index contributed by atoms with van der Waals surface area (Å²) >= 11 is 0. The number of nitrogens with one attached hydrogen (secondary N) is 2. The summed E-state index contributed by atoms with van der Waals surface area (Å²) in [5, 5.41) is 2.99. The van der Waals surface area contributed by atoms with Gasteiger partial charge in [-0.1, -0.05) is 32.0 Å². The van der Waals surface area contributed by atoms with Gasteiger partial charge >= 0.3 is 0 Å². The number of guanidine groups is 1. The zero-order chi connectivity index (χ0) is 19.9. The average molecular weight is 518 g/mol. The molecular weight excluding hydrogens is 491 g/mol. The van der Waals surface area contributed by atoms with Crippen LogP contribution in [0.15, 0.2) is 58.4 Å². The number of methoxy groups -OCH3 is 1. The lowest BCUT2D eigenvalue weighted by Crippen LogP contribution is -2.27. The van der Waals surface area contributed by atoms with Crippen molar-refractivity contribution in [2.75, 3.05) is 19.0 Å². The fraction of sp³-hybridized carbons (Fsp3) is 0.316. The van der Waals surface area contributed by atoms with E-state index in [0.29, 0.717) is 13.1 Å². The highest BCUT2D eigenvalue weighted by Gasteiger charge is 2.13. The van der Waals surface area contributed by atoms with E-state index in [9.17, 15) is 8.42 Å². The fourth-order valence-corrected chi connectivity index (χ4v) is 3.41. The Hall–Kier alpha value is -1.85. The van der Waals surface area contributed by atoms with Gasteiger partial charge in [-0.25, -0.2) is 18.1 Å². The summed E-state index contributed by atoms with van der Waals surface area (Å²) in [6, 6.07) is 13.9. The molecule has 0 aliphatic rings. The van der Waals surface area contributed by atoms with Gasteiger partial charge < -0.3 is 15.8 Å². The van der Waals surface area contributed by atoms with E-state index in [2.05, 4.69) is 15.0 Å². The van der Waals surface area contributed by atoms with Crippen molar-refractivity contribution in [2.24, 2.45) is 16.6 Å². The third-order valence-corrected chi connectivity index (χ3v) is 5.13. The average Bonchev–Trinajstić information content (AvgIpc) is 2.65. The second kappa shape index (κ2) is 11.2. The Morgan fingerprint density at radius 3 is 2.46 bits per heavy atom. The van der Waals surface area contributed by atoms with Crippen molar-refractivity contribution in [3.63, 3.8) is 0 Å². The van der Waals surface area contributed by atoms with E-state index < -0.39 is 10.0 Å². The normalized spacial score (nSPS) is 11.8. The Morgan fingerprint density at radius 1 is 1.18 bits per heavy atom. The first-order valence-corrected chi connectivity index (χ1v) is 10.1. The SMILES string of the molecule is COc1cccc(NC(N)=NCc2ccc(S(=O)(=O)NCC(C)C)cc2)c1.I. The molecule has 0 heterocycles. The van der Waals surface area contributed by atoms with E-state index in [1.165, 1.54) is 0 Å². The predicted octanol–water partition coefficient (Wildman–Crippen LogP) is 3.17. The number of hydrogen-bond donors (Lipinski definition) is 3. The summed E-state index contributed by atoms with van der Waals surface area (Å²) in [5.41, 5.74) is 7.53. The molecule has 0 spiro atoms. The fourth-order valence-electron chi connectivity index (χ4n) is 2.20. The molecule has 154 valence electrons. The third-order valence-electron chi connectivity index (χ3n) is 3.69. The van der Waals surface area contributed by atoms with E-state index in [1.807, 2.05) is 38.1 Å². The molecule has 0 amide bonds. The number of rotatable bonds is 8. The van der Waals surface area contributed by atoms with Gasteiger partial charge in [0.2, 0.25) is 10.0 Å². The molecule has 0 unspecified atom stereocenters. The van der Waals surface area contributed by atoms with E-state index in [-0.39, 0.29) is 40.7 Å². The van der Waals surface area contributed by atoms with Crippen LogP contribution in [0, 0.1) is 5.92 Å². The molecule has 2 aromatic carbocycles. The van der Waals surface area contributed by atoms with Crippen LogP contribution >= 0.6 is 24.0 Å². The van der Waals surface area contributed by atoms with E-state index in [0.717, 1.165) is 17.0 Å². The van der Waals surface area contributed by atoms with Gasteiger partial charge in [-0.15, -0.1) is 24.0 Å². The molecule has 2 aromatic rings. The van der Waals surface area contributed by atoms with Gasteiger partial charge in [-0.3, -0.25) is 0 Å². The minimum atomic E-state index is -3.49. The van der Waals surface area contributed by atoms with Crippen molar-refractivity contribution in [3.8, 4) is 5.75 Å². The number of ether oxygens (including phenoxy) is 1. The van der Waals surface area contributed by atoms with Crippen molar-refractivity contribution in [1.82, 2.24) is 4.72 Å². The topological polar surface area (TPSA) is 106 Å². The first-order valence-electron chi connectivity index (χ1n) is 8.60. The van der Waals surface area contributed by atoms with E-state index >= 15 is 0 Å². The number of benzene rings is 2. The molecule has 9 heteroatoms. The molecular formula is C19H27IN4O3S. The van der Waals surface area contributed by atoms with Gasteiger partial charge in [0, 0.05) is 18.3 Å². The van der Waals surface area contributed by atoms with Crippen molar-refractivity contribution >= 4 is 45.6 Å². The first kappa shape index (κ1) is 24.2. The standard InChI is InChI=1S/C19H26N4O3S.HI/c1-14(2)12-22-27(24,25)18-9-7-15(8-10-18)13-21-19(20)23-16-5-4-6-17(11-16)26-3;/h4-11,14,22H,12-13H2,1-3H3,(H3,20,21,23);1H. The van der Waals surface area contributed by atoms with Crippen molar-refractivity contribution in [2.45, 2.75) is 25.3 Å². The lowest BCUT2D eigenvalue weighted by atomic mass is 10.2. The van der Waals surface area contributed by atoms with Crippen LogP contribution < -0.4 is 20.5 Å². The Balaban J connectivity index is 0.00000392. The third kappa shape index (κ3) is 7.64. The van der Waals surface area contributed by atoms with Gasteiger partial charge in [0.1, 0.15) is 5.75 Å². The zero-order valence-corrected chi connectivity index (χ0v) is 19.3. The predicted molar refractivity (Wildman–Crippen MR) is 124 cm³/mol. The van der Waals surface area contributed by atoms with Crippen molar-refractivity contribution in [3.05, 3.63) is 54.1 Å². The van der Waals surface area contributed by atoms with Crippen LogP contribution in [-0.4, -0.2) is 28.0 Å². The Kier molecular flexibility index (Phi) is 9.70. The van der Waals surface area contributed by atoms with Crippen LogP contribution in [0.5, 0.6) is 5.75 Å². The second-order valence-corrected chi connectivity index (χ2v) is 8.22. The molecule has 0 saturated heterocycles. The van der Waals surface area contributed by atoms with Gasteiger partial charge in [0.15, 0.2) is 5.96 Å². The van der Waals surface area contributed by atoms with Crippen LogP contribution in [0.2, 0.25) is 0 Å². The van der Waals surface area contributed by atoms with Gasteiger partial charge in [-0.05, 0) is 35.7 Å². The van der Waals surface area contributed by atoms with Gasteiger partial charge in [-0.2, -0.15) is 0 Å². The second-order valence-electron chi connectivity index (χ2n) is 6.45. The minimum Gasteiger partial charge on any atom is -0.497 e. The summed E-state index contributed by atoms with van der Waals surface area (Å²) in [6.07, 6.45) is 0. The molecule has 0 aliphatic carbocycles. The van der Waals surface area contributed by atoms with Crippen LogP contribution in [0.1, 0.15) is 19.4 Å². The van der Waals surface area contributed by atoms with Gasteiger partial charge in [0.05, 0.1) is 18.6 Å². The number of anilines is 1. The summed E-state index contributed by atoms with van der Waals surface area (Å²) < 4.78 is 32.1. The van der Waals surface area contributed by atoms with E-state index in [4.69, 9.17) is 10.5 Å². The monoisotopic (exact) mass is 518 g/mol.